The van der Waals surface area contributed by atoms with Crippen LogP contribution in [0.4, 0.5) is 0 Å². The topological polar surface area (TPSA) is 35.0 Å². The number of nitrogens with zero attached hydrogens (tertiary/aromatic N) is 2. The minimum absolute atomic E-state index is 0.0101. The summed E-state index contributed by atoms with van der Waals surface area (Å²) in [5.74, 6) is 8.34. The monoisotopic (exact) mass is 548 g/mol. The Bertz CT molecular complexity index is 1560. The summed E-state index contributed by atoms with van der Waals surface area (Å²) in [6.45, 7) is 6.81. The van der Waals surface area contributed by atoms with Crippen LogP contribution < -0.4 is 9.13 Å². The molecule has 2 aromatic heterocycles. The van der Waals surface area contributed by atoms with Gasteiger partial charge >= 0.3 is 223 Å². The Morgan fingerprint density at radius 3 is 2.05 bits per heavy atom. The Kier molecular flexibility index (Phi) is 6.67. The van der Waals surface area contributed by atoms with Crippen LogP contribution >= 0.6 is 0 Å². The maximum absolute atomic E-state index is 6.33. The van der Waals surface area contributed by atoms with Crippen molar-refractivity contribution in [1.29, 1.82) is 0 Å². The first-order chi connectivity index (χ1) is 17.6. The molecule has 0 atom stereocenters. The molecule has 186 valence electrons. The van der Waals surface area contributed by atoms with E-state index in [2.05, 4.69) is 98.7 Å². The van der Waals surface area contributed by atoms with E-state index in [9.17, 15) is 0 Å². The number of hydrogen-bond donors (Lipinski definition) is 0. The fourth-order valence-electron chi connectivity index (χ4n) is 4.57. The van der Waals surface area contributed by atoms with Crippen LogP contribution in [0.25, 0.3) is 33.3 Å². The predicted molar refractivity (Wildman–Crippen MR) is 159 cm³/mol. The number of aromatic nitrogens is 2. The quantitative estimate of drug-likeness (QED) is 0.207. The summed E-state index contributed by atoms with van der Waals surface area (Å²) >= 11 is -2.21. The first-order valence-corrected chi connectivity index (χ1v) is 20.2. The van der Waals surface area contributed by atoms with Crippen LogP contribution in [0.3, 0.4) is 0 Å². The van der Waals surface area contributed by atoms with Crippen molar-refractivity contribution in [3.8, 4) is 34.3 Å². The molecule has 3 aromatic carbocycles. The van der Waals surface area contributed by atoms with E-state index in [1.54, 1.807) is 0 Å². The van der Waals surface area contributed by atoms with Gasteiger partial charge in [-0.1, -0.05) is 0 Å². The normalized spacial score (nSPS) is 12.1. The van der Waals surface area contributed by atoms with Gasteiger partial charge in [-0.05, 0) is 0 Å². The van der Waals surface area contributed by atoms with Gasteiger partial charge in [0.2, 0.25) is 0 Å². The summed E-state index contributed by atoms with van der Waals surface area (Å²) in [5.41, 5.74) is 5.34. The third-order valence-electron chi connectivity index (χ3n) is 6.64. The molecule has 4 heteroatoms. The second kappa shape index (κ2) is 9.79. The van der Waals surface area contributed by atoms with Gasteiger partial charge in [0.15, 0.2) is 0 Å². The molecule has 0 saturated carbocycles. The van der Waals surface area contributed by atoms with Crippen LogP contribution in [0.15, 0.2) is 97.1 Å². The van der Waals surface area contributed by atoms with Crippen LogP contribution in [0, 0.1) is 0 Å². The SMILES string of the molecule is CC(C)(C)c1cc(-c2c[c]([Ge]([CH3])([CH3])[CH3])cc(Oc3cccc(-c4ccccc4)n3)n2)cc2ccccc12. The Hall–Kier alpha value is -3.44. The number of benzene rings is 3. The van der Waals surface area contributed by atoms with E-state index in [1.807, 2.05) is 36.4 Å². The molecule has 0 N–H and O–H groups in total. The Labute approximate surface area is 222 Å². The molecule has 5 rings (SSSR count). The van der Waals surface area contributed by atoms with Crippen LogP contribution in [-0.2, 0) is 5.41 Å². The molecule has 3 nitrogen and oxygen atoms in total. The number of rotatable bonds is 5. The molecule has 0 amide bonds. The second-order valence-electron chi connectivity index (χ2n) is 11.7. The van der Waals surface area contributed by atoms with Gasteiger partial charge in [-0.25, -0.2) is 0 Å². The number of fused-ring (bicyclic) bond motifs is 1. The van der Waals surface area contributed by atoms with Gasteiger partial charge in [-0.2, -0.15) is 0 Å². The molecular formula is C33H34GeN2O. The zero-order valence-electron chi connectivity index (χ0n) is 22.5. The van der Waals surface area contributed by atoms with Gasteiger partial charge in [0.25, 0.3) is 0 Å². The molecule has 0 bridgehead atoms. The van der Waals surface area contributed by atoms with Crippen LogP contribution in [0.2, 0.25) is 17.3 Å². The molecule has 0 radical (unpaired) electrons. The van der Waals surface area contributed by atoms with Gasteiger partial charge in [-0.15, -0.1) is 0 Å². The Morgan fingerprint density at radius 1 is 0.622 bits per heavy atom. The van der Waals surface area contributed by atoms with Crippen LogP contribution in [-0.4, -0.2) is 23.2 Å². The predicted octanol–water partition coefficient (Wildman–Crippen LogP) is 8.60. The summed E-state index contributed by atoms with van der Waals surface area (Å²) < 4.78 is 7.68. The van der Waals surface area contributed by atoms with E-state index < -0.39 is 13.3 Å². The molecule has 0 aliphatic rings. The van der Waals surface area contributed by atoms with Crippen molar-refractivity contribution in [3.05, 3.63) is 103 Å². The zero-order valence-corrected chi connectivity index (χ0v) is 24.6. The molecule has 0 aliphatic heterocycles. The van der Waals surface area contributed by atoms with Crippen LogP contribution in [0.1, 0.15) is 26.3 Å². The molecule has 0 aliphatic carbocycles. The summed E-state index contributed by atoms with van der Waals surface area (Å²) in [6.07, 6.45) is 0. The standard InChI is InChI=1S/C33H34GeN2O/c1-33(2,3)28-20-25(19-24-15-10-11-16-27(24)28)30-21-26(34(4,5)6)22-32(36-30)37-31-18-12-17-29(35-31)23-13-8-7-9-14-23/h7-22H,1-6H3. The van der Waals surface area contributed by atoms with E-state index >= 15 is 0 Å². The fourth-order valence-corrected chi connectivity index (χ4v) is 6.93. The fraction of sp³-hybridized carbons (Fsp3) is 0.212. The second-order valence-corrected chi connectivity index (χ2v) is 22.3. The first-order valence-electron chi connectivity index (χ1n) is 12.8. The molecular weight excluding hydrogens is 513 g/mol. The average Bonchev–Trinajstić information content (AvgIpc) is 2.87. The first kappa shape index (κ1) is 25.2. The van der Waals surface area contributed by atoms with Crippen molar-refractivity contribution in [2.75, 3.05) is 0 Å². The third-order valence-corrected chi connectivity index (χ3v) is 10.9. The van der Waals surface area contributed by atoms with Gasteiger partial charge in [0.1, 0.15) is 0 Å². The Balaban J connectivity index is 1.61. The zero-order chi connectivity index (χ0) is 26.2. The van der Waals surface area contributed by atoms with Gasteiger partial charge < -0.3 is 0 Å². The van der Waals surface area contributed by atoms with Crippen LogP contribution in [0.5, 0.6) is 11.8 Å². The van der Waals surface area contributed by atoms with Crippen molar-refractivity contribution in [2.24, 2.45) is 0 Å². The molecule has 0 saturated heterocycles. The minimum atomic E-state index is -2.21. The van der Waals surface area contributed by atoms with Crippen molar-refractivity contribution in [2.45, 2.75) is 43.5 Å². The van der Waals surface area contributed by atoms with E-state index in [0.717, 1.165) is 22.5 Å². The van der Waals surface area contributed by atoms with E-state index in [0.29, 0.717) is 11.8 Å². The van der Waals surface area contributed by atoms with Gasteiger partial charge in [0, 0.05) is 0 Å². The van der Waals surface area contributed by atoms with E-state index in [4.69, 9.17) is 14.7 Å². The summed E-state index contributed by atoms with van der Waals surface area (Å²) in [6, 6.07) is 33.6. The molecule has 0 spiro atoms. The maximum atomic E-state index is 6.33. The third kappa shape index (κ3) is 5.62. The molecule has 37 heavy (non-hydrogen) atoms. The van der Waals surface area contributed by atoms with Crippen molar-refractivity contribution in [3.63, 3.8) is 0 Å². The Morgan fingerprint density at radius 2 is 1.32 bits per heavy atom. The van der Waals surface area contributed by atoms with Crippen molar-refractivity contribution >= 4 is 28.4 Å². The van der Waals surface area contributed by atoms with Gasteiger partial charge in [0.05, 0.1) is 0 Å². The summed E-state index contributed by atoms with van der Waals surface area (Å²) in [5, 5.41) is 2.52. The van der Waals surface area contributed by atoms with E-state index in [1.165, 1.54) is 20.7 Å². The van der Waals surface area contributed by atoms with Gasteiger partial charge in [-0.3, -0.25) is 0 Å². The average molecular weight is 547 g/mol. The molecule has 5 aromatic rings. The van der Waals surface area contributed by atoms with E-state index in [-0.39, 0.29) is 5.41 Å². The van der Waals surface area contributed by atoms with Crippen molar-refractivity contribution < 1.29 is 4.74 Å². The van der Waals surface area contributed by atoms with Crippen molar-refractivity contribution in [1.82, 2.24) is 9.97 Å². The number of ether oxygens (including phenoxy) is 1. The molecule has 0 unspecified atom stereocenters. The molecule has 2 heterocycles. The number of pyridine rings is 2. The number of hydrogen-bond acceptors (Lipinski definition) is 3. The summed E-state index contributed by atoms with van der Waals surface area (Å²) in [7, 11) is 0. The summed E-state index contributed by atoms with van der Waals surface area (Å²) in [4.78, 5) is 9.79. The molecule has 0 fully saturated rings.